The van der Waals surface area contributed by atoms with Crippen molar-refractivity contribution in [1.29, 1.82) is 0 Å². The number of nitrogens with one attached hydrogen (secondary N) is 1. The van der Waals surface area contributed by atoms with Crippen molar-refractivity contribution in [2.24, 2.45) is 10.7 Å². The average Bonchev–Trinajstić information content (AvgIpc) is 2.17. The van der Waals surface area contributed by atoms with Gasteiger partial charge in [0, 0.05) is 32.6 Å². The van der Waals surface area contributed by atoms with Gasteiger partial charge in [0.05, 0.1) is 12.1 Å². The molecule has 0 aliphatic carbocycles. The summed E-state index contributed by atoms with van der Waals surface area (Å²) in [4.78, 5) is 4.09. The Morgan fingerprint density at radius 2 is 2.21 bits per heavy atom. The lowest BCUT2D eigenvalue weighted by Gasteiger charge is -2.30. The van der Waals surface area contributed by atoms with Crippen LogP contribution in [0.3, 0.4) is 0 Å². The maximum atomic E-state index is 10.0. The van der Waals surface area contributed by atoms with Crippen molar-refractivity contribution < 1.29 is 9.84 Å². The van der Waals surface area contributed by atoms with Crippen molar-refractivity contribution >= 4 is 5.96 Å². The van der Waals surface area contributed by atoms with Crippen molar-refractivity contribution in [1.82, 2.24) is 5.32 Å². The SMILES string of the molecule is CCNC(N)=NCC1(O)CCOCC1. The molecule has 0 radical (unpaired) electrons. The Morgan fingerprint density at radius 3 is 2.79 bits per heavy atom. The highest BCUT2D eigenvalue weighted by Crippen LogP contribution is 2.20. The van der Waals surface area contributed by atoms with E-state index in [1.54, 1.807) is 0 Å². The summed E-state index contributed by atoms with van der Waals surface area (Å²) in [5.41, 5.74) is 4.83. The average molecular weight is 201 g/mol. The van der Waals surface area contributed by atoms with E-state index in [0.717, 1.165) is 6.54 Å². The minimum Gasteiger partial charge on any atom is -0.388 e. The molecule has 0 atom stereocenters. The topological polar surface area (TPSA) is 79.9 Å². The summed E-state index contributed by atoms with van der Waals surface area (Å²) in [5.74, 6) is 0.396. The Balaban J connectivity index is 2.37. The predicted octanol–water partition coefficient (Wildman–Crippen LogP) is -0.548. The largest absolute Gasteiger partial charge is 0.388 e. The highest BCUT2D eigenvalue weighted by Gasteiger charge is 2.29. The van der Waals surface area contributed by atoms with Gasteiger partial charge in [0.25, 0.3) is 0 Å². The number of nitrogens with zero attached hydrogens (tertiary/aromatic N) is 1. The zero-order valence-corrected chi connectivity index (χ0v) is 8.62. The van der Waals surface area contributed by atoms with E-state index in [1.165, 1.54) is 0 Å². The molecule has 0 aromatic carbocycles. The fourth-order valence-electron chi connectivity index (χ4n) is 1.38. The van der Waals surface area contributed by atoms with Crippen LogP contribution in [0.1, 0.15) is 19.8 Å². The third-order valence-corrected chi connectivity index (χ3v) is 2.33. The van der Waals surface area contributed by atoms with Gasteiger partial charge < -0.3 is 20.9 Å². The molecule has 0 bridgehead atoms. The molecule has 14 heavy (non-hydrogen) atoms. The number of nitrogens with two attached hydrogens (primary N) is 1. The van der Waals surface area contributed by atoms with Crippen LogP contribution in [-0.4, -0.2) is 43.0 Å². The maximum Gasteiger partial charge on any atom is 0.188 e. The third-order valence-electron chi connectivity index (χ3n) is 2.33. The van der Waals surface area contributed by atoms with Crippen LogP contribution in [-0.2, 0) is 4.74 Å². The third kappa shape index (κ3) is 3.51. The fourth-order valence-corrected chi connectivity index (χ4v) is 1.38. The Bertz CT molecular complexity index is 200. The number of rotatable bonds is 3. The Morgan fingerprint density at radius 1 is 1.57 bits per heavy atom. The van der Waals surface area contributed by atoms with Crippen molar-refractivity contribution in [3.8, 4) is 0 Å². The van der Waals surface area contributed by atoms with Gasteiger partial charge in [0.1, 0.15) is 0 Å². The van der Waals surface area contributed by atoms with Crippen LogP contribution in [0.15, 0.2) is 4.99 Å². The first-order valence-corrected chi connectivity index (χ1v) is 5.00. The van der Waals surface area contributed by atoms with Crippen molar-refractivity contribution in [3.05, 3.63) is 0 Å². The van der Waals surface area contributed by atoms with Gasteiger partial charge in [0.15, 0.2) is 5.96 Å². The van der Waals surface area contributed by atoms with E-state index in [0.29, 0.717) is 38.6 Å². The first-order valence-electron chi connectivity index (χ1n) is 5.00. The molecular formula is C9H19N3O2. The smallest absolute Gasteiger partial charge is 0.188 e. The standard InChI is InChI=1S/C9H19N3O2/c1-2-11-8(10)12-7-9(13)3-5-14-6-4-9/h13H,2-7H2,1H3,(H3,10,11,12). The van der Waals surface area contributed by atoms with E-state index in [-0.39, 0.29) is 0 Å². The number of aliphatic imine (C=N–C) groups is 1. The minimum absolute atomic E-state index is 0.356. The summed E-state index contributed by atoms with van der Waals surface area (Å²) < 4.78 is 5.16. The van der Waals surface area contributed by atoms with Crippen LogP contribution < -0.4 is 11.1 Å². The minimum atomic E-state index is -0.724. The predicted molar refractivity (Wildman–Crippen MR) is 55.2 cm³/mol. The molecule has 1 aliphatic rings. The van der Waals surface area contributed by atoms with Crippen LogP contribution >= 0.6 is 0 Å². The number of guanidine groups is 1. The lowest BCUT2D eigenvalue weighted by molar-refractivity contribution is -0.0565. The molecule has 0 amide bonds. The number of hydrogen-bond acceptors (Lipinski definition) is 3. The molecule has 1 aliphatic heterocycles. The van der Waals surface area contributed by atoms with Gasteiger partial charge in [-0.3, -0.25) is 4.99 Å². The molecular weight excluding hydrogens is 182 g/mol. The van der Waals surface area contributed by atoms with E-state index in [4.69, 9.17) is 10.5 Å². The van der Waals surface area contributed by atoms with Gasteiger partial charge in [-0.2, -0.15) is 0 Å². The van der Waals surface area contributed by atoms with E-state index >= 15 is 0 Å². The molecule has 1 heterocycles. The number of ether oxygens (including phenoxy) is 1. The van der Waals surface area contributed by atoms with E-state index in [2.05, 4.69) is 10.3 Å². The molecule has 1 rings (SSSR count). The Labute approximate surface area is 84.3 Å². The second-order valence-corrected chi connectivity index (χ2v) is 3.57. The summed E-state index contributed by atoms with van der Waals surface area (Å²) in [6.07, 6.45) is 1.27. The molecule has 0 aromatic heterocycles. The monoisotopic (exact) mass is 201 g/mol. The highest BCUT2D eigenvalue weighted by molar-refractivity contribution is 5.77. The van der Waals surface area contributed by atoms with E-state index < -0.39 is 5.60 Å². The van der Waals surface area contributed by atoms with Gasteiger partial charge in [-0.15, -0.1) is 0 Å². The van der Waals surface area contributed by atoms with E-state index in [9.17, 15) is 5.11 Å². The molecule has 0 spiro atoms. The number of aliphatic hydroxyl groups is 1. The Kier molecular flexibility index (Phi) is 4.16. The molecule has 5 nitrogen and oxygen atoms in total. The maximum absolute atomic E-state index is 10.0. The fraction of sp³-hybridized carbons (Fsp3) is 0.889. The van der Waals surface area contributed by atoms with Crippen molar-refractivity contribution in [2.75, 3.05) is 26.3 Å². The summed E-state index contributed by atoms with van der Waals surface area (Å²) in [6, 6.07) is 0. The molecule has 1 saturated heterocycles. The van der Waals surface area contributed by atoms with E-state index in [1.807, 2.05) is 6.92 Å². The van der Waals surface area contributed by atoms with Gasteiger partial charge in [-0.05, 0) is 6.92 Å². The highest BCUT2D eigenvalue weighted by atomic mass is 16.5. The van der Waals surface area contributed by atoms with Gasteiger partial charge in [0.2, 0.25) is 0 Å². The normalized spacial score (nSPS) is 22.0. The lowest BCUT2D eigenvalue weighted by Crippen LogP contribution is -2.41. The molecule has 0 aromatic rings. The van der Waals surface area contributed by atoms with Crippen LogP contribution in [0.25, 0.3) is 0 Å². The summed E-state index contributed by atoms with van der Waals surface area (Å²) in [7, 11) is 0. The summed E-state index contributed by atoms with van der Waals surface area (Å²) in [5, 5.41) is 12.9. The molecule has 5 heteroatoms. The Hall–Kier alpha value is -0.810. The second kappa shape index (κ2) is 5.17. The first kappa shape index (κ1) is 11.3. The van der Waals surface area contributed by atoms with Gasteiger partial charge in [-0.25, -0.2) is 0 Å². The summed E-state index contributed by atoms with van der Waals surface area (Å²) >= 11 is 0. The molecule has 0 unspecified atom stereocenters. The molecule has 82 valence electrons. The first-order chi connectivity index (χ1) is 6.66. The molecule has 0 saturated carbocycles. The van der Waals surface area contributed by atoms with Crippen LogP contribution in [0, 0.1) is 0 Å². The van der Waals surface area contributed by atoms with Crippen LogP contribution in [0.5, 0.6) is 0 Å². The second-order valence-electron chi connectivity index (χ2n) is 3.57. The molecule has 1 fully saturated rings. The van der Waals surface area contributed by atoms with Gasteiger partial charge in [-0.1, -0.05) is 0 Å². The van der Waals surface area contributed by atoms with Crippen LogP contribution in [0.4, 0.5) is 0 Å². The quantitative estimate of drug-likeness (QED) is 0.423. The number of hydrogen-bond donors (Lipinski definition) is 3. The van der Waals surface area contributed by atoms with Crippen molar-refractivity contribution in [3.63, 3.8) is 0 Å². The summed E-state index contributed by atoms with van der Waals surface area (Å²) in [6.45, 7) is 4.26. The van der Waals surface area contributed by atoms with Crippen LogP contribution in [0.2, 0.25) is 0 Å². The van der Waals surface area contributed by atoms with Gasteiger partial charge >= 0.3 is 0 Å². The zero-order chi connectivity index (χ0) is 10.4. The zero-order valence-electron chi connectivity index (χ0n) is 8.62. The van der Waals surface area contributed by atoms with Crippen molar-refractivity contribution in [2.45, 2.75) is 25.4 Å². The molecule has 4 N–H and O–H groups in total. The lowest BCUT2D eigenvalue weighted by atomic mass is 9.95.